The van der Waals surface area contributed by atoms with Crippen molar-refractivity contribution in [3.05, 3.63) is 12.0 Å². The number of primary amides is 1. The highest BCUT2D eigenvalue weighted by molar-refractivity contribution is 6.18. The molecule has 15 heteroatoms. The zero-order valence-electron chi connectivity index (χ0n) is 17.4. The molecule has 1 aromatic rings. The molecular formula is C16H32Cl2N8O5. The first kappa shape index (κ1) is 29.4. The van der Waals surface area contributed by atoms with Gasteiger partial charge in [0.15, 0.2) is 5.69 Å². The summed E-state index contributed by atoms with van der Waals surface area (Å²) in [5.74, 6) is 0.360. The number of aliphatic hydroxyl groups is 4. The quantitative estimate of drug-likeness (QED) is 0.0641. The van der Waals surface area contributed by atoms with Gasteiger partial charge in [-0.05, 0) is 0 Å². The van der Waals surface area contributed by atoms with E-state index in [1.54, 1.807) is 14.1 Å². The van der Waals surface area contributed by atoms with Gasteiger partial charge in [0.2, 0.25) is 5.82 Å². The molecule has 0 aliphatic rings. The first-order valence-electron chi connectivity index (χ1n) is 9.33. The number of aromatic nitrogens is 2. The monoisotopic (exact) mass is 486 g/mol. The van der Waals surface area contributed by atoms with E-state index in [2.05, 4.69) is 30.9 Å². The molecule has 0 aliphatic carbocycles. The summed E-state index contributed by atoms with van der Waals surface area (Å²) in [6.45, 7) is 1.15. The number of hydrogen-bond acceptors (Lipinski definition) is 10. The predicted octanol–water partition coefficient (Wildman–Crippen LogP) is -1.84. The molecule has 1 rings (SSSR count). The second-order valence-electron chi connectivity index (χ2n) is 6.40. The molecule has 0 radical (unpaired) electrons. The summed E-state index contributed by atoms with van der Waals surface area (Å²) in [6.07, 6.45) is -3.87. The van der Waals surface area contributed by atoms with E-state index in [1.165, 1.54) is 11.3 Å². The minimum atomic E-state index is -1.43. The molecule has 0 aliphatic heterocycles. The van der Waals surface area contributed by atoms with Crippen LogP contribution in [0.2, 0.25) is 0 Å². The van der Waals surface area contributed by atoms with Gasteiger partial charge in [-0.1, -0.05) is 5.22 Å². The number of hydrogen-bond donors (Lipinski definition) is 8. The lowest BCUT2D eigenvalue weighted by molar-refractivity contribution is -0.102. The van der Waals surface area contributed by atoms with Crippen molar-refractivity contribution in [2.24, 2.45) is 16.1 Å². The number of alkyl halides is 2. The molecule has 13 nitrogen and oxygen atoms in total. The van der Waals surface area contributed by atoms with E-state index in [4.69, 9.17) is 28.9 Å². The normalized spacial score (nSPS) is 15.1. The number of nitrogens with two attached hydrogens (primary N) is 1. The van der Waals surface area contributed by atoms with E-state index in [1.807, 2.05) is 0 Å². The number of H-pyrrole nitrogens is 1. The summed E-state index contributed by atoms with van der Waals surface area (Å²) in [7, 11) is 3.42. The Hall–Kier alpha value is -1.58. The van der Waals surface area contributed by atoms with Gasteiger partial charge in [-0.2, -0.15) is 0 Å². The van der Waals surface area contributed by atoms with Crippen molar-refractivity contribution >= 4 is 34.9 Å². The van der Waals surface area contributed by atoms with Gasteiger partial charge < -0.3 is 41.8 Å². The molecule has 0 saturated carbocycles. The molecule has 0 saturated heterocycles. The molecule has 0 aromatic carbocycles. The van der Waals surface area contributed by atoms with Crippen molar-refractivity contribution < 1.29 is 25.2 Å². The van der Waals surface area contributed by atoms with Crippen LogP contribution < -0.4 is 16.4 Å². The number of imidazole rings is 1. The van der Waals surface area contributed by atoms with Crippen molar-refractivity contribution in [3.63, 3.8) is 0 Å². The summed E-state index contributed by atoms with van der Waals surface area (Å²) in [5.41, 5.74) is 5.20. The summed E-state index contributed by atoms with van der Waals surface area (Å²) in [4.78, 5) is 17.1. The number of aliphatic hydroxyl groups excluding tert-OH is 4. The molecular weight excluding hydrogens is 455 g/mol. The van der Waals surface area contributed by atoms with Crippen LogP contribution in [0.5, 0.6) is 0 Å². The second kappa shape index (κ2) is 17.0. The van der Waals surface area contributed by atoms with Crippen LogP contribution in [-0.2, 0) is 0 Å². The lowest BCUT2D eigenvalue weighted by atomic mass is 10.0. The first-order chi connectivity index (χ1) is 14.6. The predicted molar refractivity (Wildman–Crippen MR) is 117 cm³/mol. The van der Waals surface area contributed by atoms with Gasteiger partial charge in [-0.3, -0.25) is 9.80 Å². The zero-order chi connectivity index (χ0) is 23.8. The maximum absolute atomic E-state index is 10.8. The molecule has 9 N–H and O–H groups in total. The number of nitrogens with one attached hydrogen (secondary N) is 3. The van der Waals surface area contributed by atoms with Gasteiger partial charge in [0.05, 0.1) is 18.5 Å². The molecule has 0 bridgehead atoms. The van der Waals surface area contributed by atoms with Crippen LogP contribution in [0.4, 0.5) is 5.82 Å². The van der Waals surface area contributed by atoms with Gasteiger partial charge in [0.25, 0.3) is 5.91 Å². The Bertz CT molecular complexity index is 617. The van der Waals surface area contributed by atoms with Crippen LogP contribution in [0, 0.1) is 0 Å². The van der Waals surface area contributed by atoms with Crippen LogP contribution in [0.3, 0.4) is 0 Å². The van der Waals surface area contributed by atoms with E-state index in [-0.39, 0.29) is 24.6 Å². The second-order valence-corrected chi connectivity index (χ2v) is 7.16. The Kier molecular flexibility index (Phi) is 16.2. The highest BCUT2D eigenvalue weighted by Gasteiger charge is 2.29. The Morgan fingerprint density at radius 1 is 1.13 bits per heavy atom. The number of aromatic amines is 1. The third-order valence-corrected chi connectivity index (χ3v) is 3.95. The minimum absolute atomic E-state index is 0.0901. The van der Waals surface area contributed by atoms with Crippen molar-refractivity contribution in [1.29, 1.82) is 0 Å². The van der Waals surface area contributed by atoms with E-state index >= 15 is 0 Å². The Morgan fingerprint density at radius 3 is 2.00 bits per heavy atom. The Labute approximate surface area is 190 Å². The topological polar surface area (TPSA) is 205 Å². The fourth-order valence-corrected chi connectivity index (χ4v) is 2.27. The van der Waals surface area contributed by atoms with Gasteiger partial charge in [0, 0.05) is 52.0 Å². The van der Waals surface area contributed by atoms with E-state index in [0.717, 1.165) is 0 Å². The van der Waals surface area contributed by atoms with Crippen molar-refractivity contribution in [3.8, 4) is 0 Å². The fourth-order valence-electron chi connectivity index (χ4n) is 2.01. The highest BCUT2D eigenvalue weighted by Crippen LogP contribution is 2.12. The van der Waals surface area contributed by atoms with Crippen molar-refractivity contribution in [1.82, 2.24) is 25.6 Å². The first-order valence-corrected chi connectivity index (χ1v) is 10.4. The number of carbonyl (C=O) groups excluding carboxylic acids is 1. The molecule has 1 amide bonds. The van der Waals surface area contributed by atoms with E-state index in [0.29, 0.717) is 24.8 Å². The molecule has 0 fully saturated rings. The van der Waals surface area contributed by atoms with Gasteiger partial charge in [-0.25, -0.2) is 4.98 Å². The third-order valence-electron chi connectivity index (χ3n) is 3.57. The number of halogens is 2. The van der Waals surface area contributed by atoms with Crippen molar-refractivity contribution in [2.45, 2.75) is 24.4 Å². The van der Waals surface area contributed by atoms with Gasteiger partial charge in [0.1, 0.15) is 12.2 Å². The minimum Gasteiger partial charge on any atom is -0.389 e. The molecule has 1 heterocycles. The maximum atomic E-state index is 10.8. The highest BCUT2D eigenvalue weighted by atomic mass is 35.5. The molecule has 0 unspecified atom stereocenters. The van der Waals surface area contributed by atoms with E-state index in [9.17, 15) is 25.2 Å². The van der Waals surface area contributed by atoms with Gasteiger partial charge in [-0.15, -0.1) is 28.3 Å². The summed E-state index contributed by atoms with van der Waals surface area (Å²) >= 11 is 10.9. The van der Waals surface area contributed by atoms with Crippen LogP contribution in [0.1, 0.15) is 10.5 Å². The van der Waals surface area contributed by atoms with Crippen LogP contribution >= 0.6 is 23.2 Å². The fraction of sp³-hybridized carbons (Fsp3) is 0.750. The van der Waals surface area contributed by atoms with Crippen LogP contribution in [-0.4, -0.2) is 118 Å². The lowest BCUT2D eigenvalue weighted by Gasteiger charge is -2.26. The zero-order valence-corrected chi connectivity index (χ0v) is 19.0. The molecule has 180 valence electrons. The largest absolute Gasteiger partial charge is 0.389 e. The van der Waals surface area contributed by atoms with Crippen molar-refractivity contribution in [2.75, 3.05) is 52.0 Å². The number of rotatable bonds is 14. The number of amides is 1. The average Bonchev–Trinajstić information content (AvgIpc) is 3.21. The molecule has 4 atom stereocenters. The molecule has 1 aromatic heterocycles. The maximum Gasteiger partial charge on any atom is 0.269 e. The average molecular weight is 487 g/mol. The summed E-state index contributed by atoms with van der Waals surface area (Å²) in [6, 6.07) is 0. The summed E-state index contributed by atoms with van der Waals surface area (Å²) in [5, 5.41) is 52.8. The third kappa shape index (κ3) is 12.8. The Morgan fingerprint density at radius 2 is 1.61 bits per heavy atom. The SMILES string of the molecule is CN(C)N=Nc1nc[nH]c1C(N)=O.O[C@@H]([C@H](O)[C@H](O)CNCCCl)[C@H](O)CNCCCl. The standard InChI is InChI=1S/C10H22Cl2N2O4.C6H10N6O/c11-1-3-13-5-7(15)9(17)10(18)8(16)6-14-4-2-12;1-12(2)11-10-6-4(5(7)13)8-3-9-6/h7-10,13-18H,1-6H2;3H,1-2H3,(H2,7,13)(H,8,9)/t7-,8-,9-,10-;/m1./s1. The molecule has 0 spiro atoms. The van der Waals surface area contributed by atoms with Gasteiger partial charge >= 0.3 is 0 Å². The lowest BCUT2D eigenvalue weighted by Crippen LogP contribution is -2.50. The summed E-state index contributed by atoms with van der Waals surface area (Å²) < 4.78 is 0. The number of nitrogens with zero attached hydrogens (tertiary/aromatic N) is 4. The smallest absolute Gasteiger partial charge is 0.269 e. The molecule has 31 heavy (non-hydrogen) atoms. The number of carbonyl (C=O) groups is 1. The van der Waals surface area contributed by atoms with E-state index < -0.39 is 30.3 Å². The van der Waals surface area contributed by atoms with Crippen LogP contribution in [0.25, 0.3) is 0 Å². The Balaban J connectivity index is 0.000000609. The van der Waals surface area contributed by atoms with Crippen LogP contribution in [0.15, 0.2) is 16.7 Å².